The van der Waals surface area contributed by atoms with Gasteiger partial charge in [0.15, 0.2) is 6.61 Å². The normalized spacial score (nSPS) is 13.5. The molecule has 0 bridgehead atoms. The lowest BCUT2D eigenvalue weighted by Crippen LogP contribution is -2.20. The summed E-state index contributed by atoms with van der Waals surface area (Å²) < 4.78 is 5.38. The number of hydrogen-bond acceptors (Lipinski definition) is 4. The van der Waals surface area contributed by atoms with Gasteiger partial charge in [0.25, 0.3) is 5.91 Å². The van der Waals surface area contributed by atoms with E-state index in [1.54, 1.807) is 6.20 Å². The molecule has 0 aliphatic heterocycles. The number of nitrogens with one attached hydrogen (secondary N) is 2. The number of benzene rings is 1. The summed E-state index contributed by atoms with van der Waals surface area (Å²) in [5.74, 6) is 1.31. The van der Waals surface area contributed by atoms with Crippen molar-refractivity contribution in [1.82, 2.24) is 4.98 Å². The van der Waals surface area contributed by atoms with Crippen LogP contribution >= 0.6 is 0 Å². The molecule has 21 heavy (non-hydrogen) atoms. The van der Waals surface area contributed by atoms with E-state index in [1.807, 2.05) is 42.5 Å². The van der Waals surface area contributed by atoms with Crippen LogP contribution in [0.1, 0.15) is 12.8 Å². The van der Waals surface area contributed by atoms with Crippen molar-refractivity contribution in [2.45, 2.75) is 18.9 Å². The van der Waals surface area contributed by atoms with Gasteiger partial charge < -0.3 is 15.4 Å². The molecule has 0 saturated heterocycles. The summed E-state index contributed by atoms with van der Waals surface area (Å²) >= 11 is 0. The average Bonchev–Trinajstić information content (AvgIpc) is 3.32. The molecule has 1 amide bonds. The summed E-state index contributed by atoms with van der Waals surface area (Å²) in [7, 11) is 0. The van der Waals surface area contributed by atoms with E-state index in [9.17, 15) is 4.79 Å². The summed E-state index contributed by atoms with van der Waals surface area (Å²) in [6, 6.07) is 13.5. The van der Waals surface area contributed by atoms with Crippen molar-refractivity contribution < 1.29 is 9.53 Å². The van der Waals surface area contributed by atoms with E-state index in [0.29, 0.717) is 17.5 Å². The predicted molar refractivity (Wildman–Crippen MR) is 81.4 cm³/mol. The van der Waals surface area contributed by atoms with Crippen LogP contribution in [-0.2, 0) is 4.79 Å². The summed E-state index contributed by atoms with van der Waals surface area (Å²) in [6.45, 7) is -0.0217. The van der Waals surface area contributed by atoms with Crippen LogP contribution in [-0.4, -0.2) is 23.5 Å². The highest BCUT2D eigenvalue weighted by Gasteiger charge is 2.21. The maximum atomic E-state index is 11.8. The number of ether oxygens (including phenoxy) is 1. The Kier molecular flexibility index (Phi) is 4.00. The van der Waals surface area contributed by atoms with Gasteiger partial charge in [0.05, 0.1) is 11.9 Å². The largest absolute Gasteiger partial charge is 0.484 e. The van der Waals surface area contributed by atoms with Crippen LogP contribution in [0.25, 0.3) is 0 Å². The first-order valence-electron chi connectivity index (χ1n) is 7.00. The van der Waals surface area contributed by atoms with Crippen LogP contribution in [0, 0.1) is 0 Å². The summed E-state index contributed by atoms with van der Waals surface area (Å²) in [5, 5.41) is 6.05. The molecule has 0 unspecified atom stereocenters. The molecular formula is C16H17N3O2. The Morgan fingerprint density at radius 2 is 2.00 bits per heavy atom. The first kappa shape index (κ1) is 13.4. The molecule has 5 heteroatoms. The number of hydrogen-bond donors (Lipinski definition) is 2. The smallest absolute Gasteiger partial charge is 0.262 e. The van der Waals surface area contributed by atoms with Crippen molar-refractivity contribution >= 4 is 17.4 Å². The molecule has 1 saturated carbocycles. The molecule has 2 N–H and O–H groups in total. The Morgan fingerprint density at radius 3 is 2.67 bits per heavy atom. The minimum atomic E-state index is -0.205. The maximum absolute atomic E-state index is 11.8. The molecule has 0 radical (unpaired) electrons. The van der Waals surface area contributed by atoms with Crippen LogP contribution in [0.3, 0.4) is 0 Å². The van der Waals surface area contributed by atoms with Crippen molar-refractivity contribution in [3.8, 4) is 5.75 Å². The molecule has 1 fully saturated rings. The van der Waals surface area contributed by atoms with Crippen molar-refractivity contribution in [3.63, 3.8) is 0 Å². The van der Waals surface area contributed by atoms with Gasteiger partial charge in [0.2, 0.25) is 0 Å². The molecule has 1 aliphatic carbocycles. The van der Waals surface area contributed by atoms with E-state index in [1.165, 1.54) is 12.8 Å². The summed E-state index contributed by atoms with van der Waals surface area (Å²) in [5.41, 5.74) is 0.665. The van der Waals surface area contributed by atoms with E-state index in [-0.39, 0.29) is 12.5 Å². The van der Waals surface area contributed by atoms with Gasteiger partial charge in [-0.05, 0) is 37.1 Å². The van der Waals surface area contributed by atoms with Crippen molar-refractivity contribution in [2.75, 3.05) is 17.2 Å². The maximum Gasteiger partial charge on any atom is 0.262 e. The van der Waals surface area contributed by atoms with Crippen LogP contribution in [0.4, 0.5) is 11.5 Å². The number of anilines is 2. The highest BCUT2D eigenvalue weighted by molar-refractivity contribution is 5.91. The van der Waals surface area contributed by atoms with Gasteiger partial charge in [0, 0.05) is 6.04 Å². The number of pyridine rings is 1. The summed E-state index contributed by atoms with van der Waals surface area (Å²) in [4.78, 5) is 16.0. The molecule has 2 aromatic rings. The van der Waals surface area contributed by atoms with Gasteiger partial charge in [-0.15, -0.1) is 0 Å². The van der Waals surface area contributed by atoms with Gasteiger partial charge in [-0.3, -0.25) is 4.79 Å². The molecular weight excluding hydrogens is 266 g/mol. The monoisotopic (exact) mass is 283 g/mol. The number of nitrogens with zero attached hydrogens (tertiary/aromatic N) is 1. The molecule has 1 aromatic heterocycles. The lowest BCUT2D eigenvalue weighted by molar-refractivity contribution is -0.118. The topological polar surface area (TPSA) is 63.2 Å². The lowest BCUT2D eigenvalue weighted by atomic mass is 10.3. The minimum Gasteiger partial charge on any atom is -0.484 e. The molecule has 1 aromatic carbocycles. The van der Waals surface area contributed by atoms with Crippen molar-refractivity contribution in [2.24, 2.45) is 0 Å². The Labute approximate surface area is 123 Å². The number of carbonyl (C=O) groups is 1. The van der Waals surface area contributed by atoms with Gasteiger partial charge in [-0.2, -0.15) is 0 Å². The highest BCUT2D eigenvalue weighted by atomic mass is 16.5. The van der Waals surface area contributed by atoms with Crippen molar-refractivity contribution in [1.29, 1.82) is 0 Å². The average molecular weight is 283 g/mol. The molecule has 108 valence electrons. The molecule has 5 nitrogen and oxygen atoms in total. The Bertz CT molecular complexity index is 595. The molecule has 3 rings (SSSR count). The second-order valence-electron chi connectivity index (χ2n) is 5.00. The summed E-state index contributed by atoms with van der Waals surface area (Å²) in [6.07, 6.45) is 4.05. The molecule has 0 atom stereocenters. The molecule has 1 heterocycles. The second-order valence-corrected chi connectivity index (χ2v) is 5.00. The zero-order chi connectivity index (χ0) is 14.5. The number of para-hydroxylation sites is 1. The number of carbonyl (C=O) groups excluding carboxylic acids is 1. The van der Waals surface area contributed by atoms with E-state index in [4.69, 9.17) is 4.74 Å². The van der Waals surface area contributed by atoms with Crippen LogP contribution in [0.5, 0.6) is 5.75 Å². The fourth-order valence-electron chi connectivity index (χ4n) is 1.85. The Balaban J connectivity index is 1.47. The number of amides is 1. The SMILES string of the molecule is O=C(COc1ccccc1)Nc1ccc(NC2CC2)nc1. The van der Waals surface area contributed by atoms with Gasteiger partial charge in [-0.1, -0.05) is 18.2 Å². The number of rotatable bonds is 6. The van der Waals surface area contributed by atoms with E-state index < -0.39 is 0 Å². The zero-order valence-electron chi connectivity index (χ0n) is 11.6. The highest BCUT2D eigenvalue weighted by Crippen LogP contribution is 2.23. The second kappa shape index (κ2) is 6.26. The lowest BCUT2D eigenvalue weighted by Gasteiger charge is -2.08. The van der Waals surface area contributed by atoms with E-state index >= 15 is 0 Å². The van der Waals surface area contributed by atoms with E-state index in [0.717, 1.165) is 5.82 Å². The molecule has 0 spiro atoms. The van der Waals surface area contributed by atoms with Gasteiger partial charge >= 0.3 is 0 Å². The van der Waals surface area contributed by atoms with Gasteiger partial charge in [0.1, 0.15) is 11.6 Å². The standard InChI is InChI=1S/C16H17N3O2/c20-16(11-21-14-4-2-1-3-5-14)19-13-8-9-15(17-10-13)18-12-6-7-12/h1-5,8-10,12H,6-7,11H2,(H,17,18)(H,19,20). The van der Waals surface area contributed by atoms with Crippen LogP contribution in [0.15, 0.2) is 48.7 Å². The minimum absolute atomic E-state index is 0.0217. The fraction of sp³-hybridized carbons (Fsp3) is 0.250. The first-order valence-corrected chi connectivity index (χ1v) is 7.00. The fourth-order valence-corrected chi connectivity index (χ4v) is 1.85. The zero-order valence-corrected chi connectivity index (χ0v) is 11.6. The van der Waals surface area contributed by atoms with E-state index in [2.05, 4.69) is 15.6 Å². The Morgan fingerprint density at radius 1 is 1.19 bits per heavy atom. The third-order valence-corrected chi connectivity index (χ3v) is 3.09. The van der Waals surface area contributed by atoms with Gasteiger partial charge in [-0.25, -0.2) is 4.98 Å². The first-order chi connectivity index (χ1) is 10.3. The van der Waals surface area contributed by atoms with Crippen LogP contribution in [0.2, 0.25) is 0 Å². The number of aromatic nitrogens is 1. The third kappa shape index (κ3) is 4.21. The quantitative estimate of drug-likeness (QED) is 0.855. The predicted octanol–water partition coefficient (Wildman–Crippen LogP) is 2.67. The van der Waals surface area contributed by atoms with Crippen LogP contribution < -0.4 is 15.4 Å². The molecule has 1 aliphatic rings. The third-order valence-electron chi connectivity index (χ3n) is 3.09. The Hall–Kier alpha value is -2.56. The van der Waals surface area contributed by atoms with Crippen molar-refractivity contribution in [3.05, 3.63) is 48.7 Å².